The average Bonchev–Trinajstić information content (AvgIpc) is 2.73. The average molecular weight is 410 g/mol. The van der Waals surface area contributed by atoms with Crippen molar-refractivity contribution in [3.05, 3.63) is 82.9 Å². The van der Waals surface area contributed by atoms with Gasteiger partial charge in [0.1, 0.15) is 0 Å². The van der Waals surface area contributed by atoms with E-state index in [9.17, 15) is 14.4 Å². The minimum absolute atomic E-state index is 0.0356. The molecule has 7 heteroatoms. The van der Waals surface area contributed by atoms with Gasteiger partial charge in [-0.3, -0.25) is 25.2 Å². The third-order valence-corrected chi connectivity index (χ3v) is 4.57. The van der Waals surface area contributed by atoms with Crippen LogP contribution in [0.5, 0.6) is 0 Å². The predicted molar refractivity (Wildman–Crippen MR) is 112 cm³/mol. The lowest BCUT2D eigenvalue weighted by atomic mass is 10.0. The van der Waals surface area contributed by atoms with Crippen molar-refractivity contribution >= 4 is 40.1 Å². The molecular weight excluding hydrogens is 390 g/mol. The van der Waals surface area contributed by atoms with E-state index in [0.717, 1.165) is 16.3 Å². The normalized spacial score (nSPS) is 10.4. The summed E-state index contributed by atoms with van der Waals surface area (Å²) < 4.78 is 0. The van der Waals surface area contributed by atoms with Crippen molar-refractivity contribution < 1.29 is 14.4 Å². The van der Waals surface area contributed by atoms with Gasteiger partial charge >= 0.3 is 0 Å². The van der Waals surface area contributed by atoms with Gasteiger partial charge in [-0.2, -0.15) is 0 Å². The van der Waals surface area contributed by atoms with Crippen LogP contribution in [0.25, 0.3) is 10.8 Å². The maximum absolute atomic E-state index is 12.1. The van der Waals surface area contributed by atoms with Gasteiger partial charge in [0.2, 0.25) is 11.8 Å². The number of hydrogen-bond donors (Lipinski definition) is 3. The standard InChI is InChI=1S/C22H20ClN3O3/c23-18-10-8-16(9-11-18)22(29)24-13-12-20(27)25-26-21(28)14-17-6-3-5-15-4-1-2-7-19(15)17/h1-11H,12-14H2,(H,24,29)(H,25,27)(H,26,28). The summed E-state index contributed by atoms with van der Waals surface area (Å²) in [5.74, 6) is -1.01. The number of carbonyl (C=O) groups is 3. The zero-order chi connectivity index (χ0) is 20.6. The molecule has 148 valence electrons. The molecule has 3 N–H and O–H groups in total. The molecule has 0 atom stereocenters. The van der Waals surface area contributed by atoms with E-state index in [-0.39, 0.29) is 31.2 Å². The lowest BCUT2D eigenvalue weighted by molar-refractivity contribution is -0.128. The van der Waals surface area contributed by atoms with Gasteiger partial charge in [0.25, 0.3) is 5.91 Å². The zero-order valence-corrected chi connectivity index (χ0v) is 16.3. The lowest BCUT2D eigenvalue weighted by Gasteiger charge is -2.10. The zero-order valence-electron chi connectivity index (χ0n) is 15.6. The number of benzene rings is 3. The quantitative estimate of drug-likeness (QED) is 0.547. The molecule has 3 amide bonds. The van der Waals surface area contributed by atoms with Crippen molar-refractivity contribution in [1.82, 2.24) is 16.2 Å². The van der Waals surface area contributed by atoms with Crippen LogP contribution in [0.15, 0.2) is 66.7 Å². The number of carbonyl (C=O) groups excluding carboxylic acids is 3. The maximum atomic E-state index is 12.1. The number of hydrogen-bond acceptors (Lipinski definition) is 3. The van der Waals surface area contributed by atoms with Crippen LogP contribution in [0.2, 0.25) is 5.02 Å². The van der Waals surface area contributed by atoms with Gasteiger partial charge in [-0.05, 0) is 40.6 Å². The Morgan fingerprint density at radius 3 is 2.28 bits per heavy atom. The fourth-order valence-corrected chi connectivity index (χ4v) is 2.98. The van der Waals surface area contributed by atoms with Gasteiger partial charge in [0.05, 0.1) is 6.42 Å². The van der Waals surface area contributed by atoms with E-state index < -0.39 is 5.91 Å². The minimum Gasteiger partial charge on any atom is -0.352 e. The Hall–Kier alpha value is -3.38. The molecule has 0 bridgehead atoms. The van der Waals surface area contributed by atoms with Crippen LogP contribution in [0.1, 0.15) is 22.3 Å². The summed E-state index contributed by atoms with van der Waals surface area (Å²) in [6, 6.07) is 20.0. The first-order chi connectivity index (χ1) is 14.0. The molecule has 0 radical (unpaired) electrons. The molecule has 0 heterocycles. The van der Waals surface area contributed by atoms with Gasteiger partial charge in [-0.25, -0.2) is 0 Å². The largest absolute Gasteiger partial charge is 0.352 e. The van der Waals surface area contributed by atoms with Crippen LogP contribution in [0, 0.1) is 0 Å². The highest BCUT2D eigenvalue weighted by atomic mass is 35.5. The Morgan fingerprint density at radius 2 is 1.48 bits per heavy atom. The van der Waals surface area contributed by atoms with Crippen molar-refractivity contribution in [3.8, 4) is 0 Å². The van der Waals surface area contributed by atoms with E-state index in [2.05, 4.69) is 16.2 Å². The third-order valence-electron chi connectivity index (χ3n) is 4.32. The smallest absolute Gasteiger partial charge is 0.251 e. The molecule has 0 saturated heterocycles. The van der Waals surface area contributed by atoms with Crippen molar-refractivity contribution in [2.75, 3.05) is 6.54 Å². The molecule has 0 fully saturated rings. The van der Waals surface area contributed by atoms with Crippen molar-refractivity contribution in [3.63, 3.8) is 0 Å². The molecule has 0 aliphatic carbocycles. The Kier molecular flexibility index (Phi) is 6.81. The first-order valence-corrected chi connectivity index (χ1v) is 9.49. The van der Waals surface area contributed by atoms with Crippen LogP contribution < -0.4 is 16.2 Å². The first-order valence-electron chi connectivity index (χ1n) is 9.11. The van der Waals surface area contributed by atoms with Crippen molar-refractivity contribution in [1.29, 1.82) is 0 Å². The van der Waals surface area contributed by atoms with Crippen LogP contribution in [0.4, 0.5) is 0 Å². The molecule has 6 nitrogen and oxygen atoms in total. The van der Waals surface area contributed by atoms with Gasteiger partial charge in [0, 0.05) is 23.6 Å². The second-order valence-electron chi connectivity index (χ2n) is 6.42. The molecule has 3 aromatic carbocycles. The second kappa shape index (κ2) is 9.71. The van der Waals surface area contributed by atoms with Crippen LogP contribution in [-0.2, 0) is 16.0 Å². The molecule has 3 aromatic rings. The number of amides is 3. The second-order valence-corrected chi connectivity index (χ2v) is 6.86. The van der Waals surface area contributed by atoms with E-state index >= 15 is 0 Å². The third kappa shape index (κ3) is 5.80. The summed E-state index contributed by atoms with van der Waals surface area (Å²) in [4.78, 5) is 36.0. The number of rotatable bonds is 6. The van der Waals surface area contributed by atoms with E-state index in [1.54, 1.807) is 24.3 Å². The van der Waals surface area contributed by atoms with E-state index in [0.29, 0.717) is 10.6 Å². The Labute approximate surface area is 173 Å². The molecule has 0 spiro atoms. The molecule has 0 saturated carbocycles. The molecule has 0 aliphatic heterocycles. The SMILES string of the molecule is O=C(CCNC(=O)c1ccc(Cl)cc1)NNC(=O)Cc1cccc2ccccc12. The van der Waals surface area contributed by atoms with E-state index in [1.165, 1.54) is 0 Å². The highest BCUT2D eigenvalue weighted by Crippen LogP contribution is 2.18. The number of halogens is 1. The lowest BCUT2D eigenvalue weighted by Crippen LogP contribution is -2.43. The summed E-state index contributed by atoms with van der Waals surface area (Å²) in [7, 11) is 0. The highest BCUT2D eigenvalue weighted by Gasteiger charge is 2.09. The minimum atomic E-state index is -0.396. The van der Waals surface area contributed by atoms with Crippen molar-refractivity contribution in [2.45, 2.75) is 12.8 Å². The molecule has 29 heavy (non-hydrogen) atoms. The molecule has 3 rings (SSSR count). The molecular formula is C22H20ClN3O3. The summed E-state index contributed by atoms with van der Waals surface area (Å²) in [6.07, 6.45) is 0.183. The molecule has 0 aromatic heterocycles. The van der Waals surface area contributed by atoms with Gasteiger partial charge in [-0.1, -0.05) is 54.1 Å². The summed E-state index contributed by atoms with van der Waals surface area (Å²) in [6.45, 7) is 0.145. The van der Waals surface area contributed by atoms with E-state index in [1.807, 2.05) is 42.5 Å². The Morgan fingerprint density at radius 1 is 0.793 bits per heavy atom. The van der Waals surface area contributed by atoms with Gasteiger partial charge in [-0.15, -0.1) is 0 Å². The summed E-state index contributed by atoms with van der Waals surface area (Å²) in [5.41, 5.74) is 6.11. The summed E-state index contributed by atoms with van der Waals surface area (Å²) >= 11 is 5.78. The van der Waals surface area contributed by atoms with Crippen LogP contribution in [0.3, 0.4) is 0 Å². The maximum Gasteiger partial charge on any atom is 0.251 e. The van der Waals surface area contributed by atoms with Crippen LogP contribution in [-0.4, -0.2) is 24.3 Å². The monoisotopic (exact) mass is 409 g/mol. The Bertz CT molecular complexity index is 1030. The Balaban J connectivity index is 1.41. The highest BCUT2D eigenvalue weighted by molar-refractivity contribution is 6.30. The first kappa shape index (κ1) is 20.4. The number of fused-ring (bicyclic) bond motifs is 1. The van der Waals surface area contributed by atoms with Gasteiger partial charge < -0.3 is 5.32 Å². The molecule has 0 unspecified atom stereocenters. The number of nitrogens with one attached hydrogen (secondary N) is 3. The van der Waals surface area contributed by atoms with Crippen molar-refractivity contribution in [2.24, 2.45) is 0 Å². The molecule has 0 aliphatic rings. The fraction of sp³-hybridized carbons (Fsp3) is 0.136. The number of hydrazine groups is 1. The van der Waals surface area contributed by atoms with Gasteiger partial charge in [0.15, 0.2) is 0 Å². The predicted octanol–water partition coefficient (Wildman–Crippen LogP) is 3.00. The van der Waals surface area contributed by atoms with Crippen LogP contribution >= 0.6 is 11.6 Å². The summed E-state index contributed by atoms with van der Waals surface area (Å²) in [5, 5.41) is 5.24. The fourth-order valence-electron chi connectivity index (χ4n) is 2.86. The topological polar surface area (TPSA) is 87.3 Å². The van der Waals surface area contributed by atoms with E-state index in [4.69, 9.17) is 11.6 Å².